The van der Waals surface area contributed by atoms with E-state index in [9.17, 15) is 0 Å². The molecule has 0 saturated heterocycles. The molecule has 0 spiro atoms. The van der Waals surface area contributed by atoms with Gasteiger partial charge >= 0.3 is 0 Å². The maximum Gasteiger partial charge on any atom is 0.126 e. The molecular weight excluding hydrogens is 270 g/mol. The number of benzene rings is 2. The lowest BCUT2D eigenvalue weighted by Crippen LogP contribution is -2.11. The summed E-state index contributed by atoms with van der Waals surface area (Å²) in [6.07, 6.45) is 2.18. The fourth-order valence-electron chi connectivity index (χ4n) is 2.46. The van der Waals surface area contributed by atoms with Crippen LogP contribution in [0, 0.1) is 5.92 Å². The topological polar surface area (TPSA) is 35.2 Å². The van der Waals surface area contributed by atoms with Crippen LogP contribution in [0.5, 0.6) is 5.75 Å². The minimum Gasteiger partial charge on any atom is -0.496 e. The highest BCUT2D eigenvalue weighted by atomic mass is 35.5. The molecule has 0 bridgehead atoms. The molecule has 3 heteroatoms. The van der Waals surface area contributed by atoms with Crippen molar-refractivity contribution in [3.05, 3.63) is 42.0 Å². The van der Waals surface area contributed by atoms with Gasteiger partial charge in [0.05, 0.1) is 7.11 Å². The fourth-order valence-corrected chi connectivity index (χ4v) is 2.46. The highest BCUT2D eigenvalue weighted by Crippen LogP contribution is 2.32. The monoisotopic (exact) mass is 293 g/mol. The molecule has 0 amide bonds. The van der Waals surface area contributed by atoms with E-state index in [4.69, 9.17) is 10.5 Å². The first-order valence-corrected chi connectivity index (χ1v) is 6.94. The molecule has 0 heterocycles. The summed E-state index contributed by atoms with van der Waals surface area (Å²) in [5, 5.41) is 2.35. The quantitative estimate of drug-likeness (QED) is 0.867. The van der Waals surface area contributed by atoms with E-state index in [-0.39, 0.29) is 18.4 Å². The summed E-state index contributed by atoms with van der Waals surface area (Å²) < 4.78 is 5.42. The lowest BCUT2D eigenvalue weighted by molar-refractivity contribution is 0.419. The van der Waals surface area contributed by atoms with Gasteiger partial charge in [0.15, 0.2) is 0 Å². The van der Waals surface area contributed by atoms with Crippen molar-refractivity contribution in [2.75, 3.05) is 7.11 Å². The second kappa shape index (κ2) is 7.51. The van der Waals surface area contributed by atoms with Crippen molar-refractivity contribution >= 4 is 23.2 Å². The first-order valence-electron chi connectivity index (χ1n) is 6.94. The maximum absolute atomic E-state index is 6.36. The van der Waals surface area contributed by atoms with E-state index in [0.29, 0.717) is 5.92 Å². The van der Waals surface area contributed by atoms with Crippen molar-refractivity contribution in [1.29, 1.82) is 0 Å². The smallest absolute Gasteiger partial charge is 0.126 e. The van der Waals surface area contributed by atoms with Crippen molar-refractivity contribution in [1.82, 2.24) is 0 Å². The molecule has 1 atom stereocenters. The van der Waals surface area contributed by atoms with Crippen LogP contribution < -0.4 is 10.5 Å². The number of fused-ring (bicyclic) bond motifs is 1. The highest BCUT2D eigenvalue weighted by molar-refractivity contribution is 5.91. The number of methoxy groups -OCH3 is 1. The van der Waals surface area contributed by atoms with Crippen molar-refractivity contribution in [2.45, 2.75) is 32.7 Å². The van der Waals surface area contributed by atoms with Crippen molar-refractivity contribution in [2.24, 2.45) is 11.7 Å². The molecule has 0 saturated carbocycles. The number of hydrogen-bond acceptors (Lipinski definition) is 2. The Kier molecular flexibility index (Phi) is 6.31. The number of ether oxygens (including phenoxy) is 1. The van der Waals surface area contributed by atoms with Gasteiger partial charge in [-0.1, -0.05) is 44.2 Å². The number of hydrogen-bond donors (Lipinski definition) is 1. The van der Waals surface area contributed by atoms with E-state index in [1.54, 1.807) is 7.11 Å². The third-order valence-electron chi connectivity index (χ3n) is 3.59. The van der Waals surface area contributed by atoms with Gasteiger partial charge in [0, 0.05) is 11.4 Å². The van der Waals surface area contributed by atoms with Crippen LogP contribution in [0.25, 0.3) is 10.8 Å². The Balaban J connectivity index is 0.00000200. The molecule has 2 N–H and O–H groups in total. The molecule has 0 aliphatic rings. The van der Waals surface area contributed by atoms with Crippen molar-refractivity contribution in [3.63, 3.8) is 0 Å². The lowest BCUT2D eigenvalue weighted by atomic mass is 9.94. The molecule has 2 nitrogen and oxygen atoms in total. The third kappa shape index (κ3) is 3.65. The number of halogens is 1. The fraction of sp³-hybridized carbons (Fsp3) is 0.412. The van der Waals surface area contributed by atoms with Crippen LogP contribution in [-0.2, 0) is 0 Å². The molecule has 0 aliphatic carbocycles. The largest absolute Gasteiger partial charge is 0.496 e. The van der Waals surface area contributed by atoms with Gasteiger partial charge in [0.25, 0.3) is 0 Å². The maximum atomic E-state index is 6.36. The van der Waals surface area contributed by atoms with Crippen LogP contribution in [0.1, 0.15) is 38.3 Å². The SMILES string of the molecule is COc1ccc([C@@H](N)CCC(C)C)c2ccccc12.Cl. The van der Waals surface area contributed by atoms with E-state index in [1.807, 2.05) is 12.1 Å². The van der Waals surface area contributed by atoms with Gasteiger partial charge in [-0.2, -0.15) is 0 Å². The summed E-state index contributed by atoms with van der Waals surface area (Å²) >= 11 is 0. The number of rotatable bonds is 5. The van der Waals surface area contributed by atoms with E-state index in [0.717, 1.165) is 24.0 Å². The normalized spacial score (nSPS) is 12.2. The summed E-state index contributed by atoms with van der Waals surface area (Å²) in [4.78, 5) is 0. The molecular formula is C17H24ClNO. The molecule has 0 aromatic heterocycles. The van der Waals surface area contributed by atoms with Crippen LogP contribution >= 0.6 is 12.4 Å². The zero-order valence-corrected chi connectivity index (χ0v) is 13.2. The van der Waals surface area contributed by atoms with E-state index < -0.39 is 0 Å². The minimum absolute atomic E-state index is 0. The van der Waals surface area contributed by atoms with E-state index >= 15 is 0 Å². The van der Waals surface area contributed by atoms with Crippen LogP contribution in [0.3, 0.4) is 0 Å². The highest BCUT2D eigenvalue weighted by Gasteiger charge is 2.12. The average molecular weight is 294 g/mol. The van der Waals surface area contributed by atoms with Crippen LogP contribution in [0.2, 0.25) is 0 Å². The van der Waals surface area contributed by atoms with Crippen LogP contribution in [0.4, 0.5) is 0 Å². The van der Waals surface area contributed by atoms with Gasteiger partial charge < -0.3 is 10.5 Å². The van der Waals surface area contributed by atoms with Gasteiger partial charge in [0.1, 0.15) is 5.75 Å². The standard InChI is InChI=1S/C17H23NO.ClH/c1-12(2)8-10-16(18)14-9-11-17(19-3)15-7-5-4-6-13(14)15;/h4-7,9,11-12,16H,8,10,18H2,1-3H3;1H/t16-;/m0./s1. The van der Waals surface area contributed by atoms with Gasteiger partial charge in [-0.05, 0) is 35.8 Å². The second-order valence-electron chi connectivity index (χ2n) is 5.48. The molecule has 0 aliphatic heterocycles. The molecule has 0 unspecified atom stereocenters. The lowest BCUT2D eigenvalue weighted by Gasteiger charge is -2.17. The zero-order chi connectivity index (χ0) is 13.8. The second-order valence-corrected chi connectivity index (χ2v) is 5.48. The molecule has 2 rings (SSSR count). The number of nitrogens with two attached hydrogens (primary N) is 1. The summed E-state index contributed by atoms with van der Waals surface area (Å²) in [7, 11) is 1.71. The van der Waals surface area contributed by atoms with E-state index in [2.05, 4.69) is 38.1 Å². The third-order valence-corrected chi connectivity index (χ3v) is 3.59. The Morgan fingerprint density at radius 1 is 1.00 bits per heavy atom. The van der Waals surface area contributed by atoms with E-state index in [1.165, 1.54) is 10.9 Å². The Hall–Kier alpha value is -1.25. The molecule has 2 aromatic rings. The molecule has 0 fully saturated rings. The zero-order valence-electron chi connectivity index (χ0n) is 12.4. The first-order chi connectivity index (χ1) is 9.13. The molecule has 2 aromatic carbocycles. The summed E-state index contributed by atoms with van der Waals surface area (Å²) in [5.41, 5.74) is 7.58. The predicted octanol–water partition coefficient (Wildman–Crippen LogP) is 4.71. The molecule has 110 valence electrons. The minimum atomic E-state index is 0. The predicted molar refractivity (Wildman–Crippen MR) is 88.7 cm³/mol. The Labute approximate surface area is 127 Å². The summed E-state index contributed by atoms with van der Waals surface area (Å²) in [5.74, 6) is 1.60. The Bertz CT molecular complexity index is 554. The summed E-state index contributed by atoms with van der Waals surface area (Å²) in [6.45, 7) is 4.47. The summed E-state index contributed by atoms with van der Waals surface area (Å²) in [6, 6.07) is 12.5. The van der Waals surface area contributed by atoms with Gasteiger partial charge in [-0.25, -0.2) is 0 Å². The Morgan fingerprint density at radius 2 is 1.65 bits per heavy atom. The van der Waals surface area contributed by atoms with Crippen molar-refractivity contribution < 1.29 is 4.74 Å². The Morgan fingerprint density at radius 3 is 2.25 bits per heavy atom. The van der Waals surface area contributed by atoms with Crippen molar-refractivity contribution in [3.8, 4) is 5.75 Å². The molecule has 0 radical (unpaired) electrons. The average Bonchev–Trinajstić information content (AvgIpc) is 2.43. The first kappa shape index (κ1) is 16.8. The molecule has 20 heavy (non-hydrogen) atoms. The van der Waals surface area contributed by atoms with Crippen LogP contribution in [0.15, 0.2) is 36.4 Å². The van der Waals surface area contributed by atoms with Gasteiger partial charge in [-0.15, -0.1) is 12.4 Å². The van der Waals surface area contributed by atoms with Gasteiger partial charge in [-0.3, -0.25) is 0 Å². The van der Waals surface area contributed by atoms with Crippen LogP contribution in [-0.4, -0.2) is 7.11 Å². The van der Waals surface area contributed by atoms with Gasteiger partial charge in [0.2, 0.25) is 0 Å².